The van der Waals surface area contributed by atoms with Gasteiger partial charge in [0.15, 0.2) is 0 Å². The molecule has 98 valence electrons. The molecule has 0 fully saturated rings. The van der Waals surface area contributed by atoms with E-state index >= 15 is 0 Å². The van der Waals surface area contributed by atoms with Gasteiger partial charge < -0.3 is 5.32 Å². The van der Waals surface area contributed by atoms with Crippen molar-refractivity contribution in [2.45, 2.75) is 39.7 Å². The van der Waals surface area contributed by atoms with Gasteiger partial charge in [-0.25, -0.2) is 9.97 Å². The summed E-state index contributed by atoms with van der Waals surface area (Å²) in [5.41, 5.74) is 2.25. The van der Waals surface area contributed by atoms with E-state index in [1.165, 1.54) is 5.69 Å². The van der Waals surface area contributed by atoms with Crippen molar-refractivity contribution in [3.05, 3.63) is 32.2 Å². The number of aromatic nitrogens is 2. The van der Waals surface area contributed by atoms with E-state index in [4.69, 9.17) is 4.98 Å². The molecule has 2 aromatic rings. The van der Waals surface area contributed by atoms with Crippen LogP contribution in [0.25, 0.3) is 0 Å². The van der Waals surface area contributed by atoms with E-state index in [0.717, 1.165) is 22.3 Å². The van der Waals surface area contributed by atoms with Crippen LogP contribution in [0.1, 0.15) is 54.1 Å². The highest BCUT2D eigenvalue weighted by molar-refractivity contribution is 7.11. The molecule has 0 radical (unpaired) electrons. The molecule has 0 spiro atoms. The van der Waals surface area contributed by atoms with Crippen LogP contribution in [-0.2, 0) is 0 Å². The van der Waals surface area contributed by atoms with Gasteiger partial charge in [-0.2, -0.15) is 0 Å². The van der Waals surface area contributed by atoms with Crippen LogP contribution in [0.5, 0.6) is 0 Å². The molecular formula is C13H19N3S2. The SMILES string of the molecule is CCNC(c1nc(C)cs1)c1nc(C(C)C)cs1. The van der Waals surface area contributed by atoms with Gasteiger partial charge in [-0.1, -0.05) is 20.8 Å². The number of nitrogens with one attached hydrogen (secondary N) is 1. The zero-order valence-electron chi connectivity index (χ0n) is 11.2. The van der Waals surface area contributed by atoms with E-state index < -0.39 is 0 Å². The molecule has 0 aliphatic carbocycles. The maximum Gasteiger partial charge on any atom is 0.117 e. The third-order valence-corrected chi connectivity index (χ3v) is 4.63. The fraction of sp³-hybridized carbons (Fsp3) is 0.538. The van der Waals surface area contributed by atoms with Crippen LogP contribution in [0.3, 0.4) is 0 Å². The molecule has 0 saturated heterocycles. The number of nitrogens with zero attached hydrogens (tertiary/aromatic N) is 2. The molecule has 0 aliphatic rings. The first kappa shape index (κ1) is 13.6. The summed E-state index contributed by atoms with van der Waals surface area (Å²) in [5, 5.41) is 9.96. The Kier molecular flexibility index (Phi) is 4.48. The summed E-state index contributed by atoms with van der Waals surface area (Å²) in [6.45, 7) is 9.41. The second kappa shape index (κ2) is 5.91. The van der Waals surface area contributed by atoms with Gasteiger partial charge in [0.1, 0.15) is 16.1 Å². The average molecular weight is 281 g/mol. The fourth-order valence-electron chi connectivity index (χ4n) is 1.69. The summed E-state index contributed by atoms with van der Waals surface area (Å²) in [6, 6.07) is 0.145. The first-order valence-electron chi connectivity index (χ1n) is 6.22. The summed E-state index contributed by atoms with van der Waals surface area (Å²) in [7, 11) is 0. The molecule has 3 nitrogen and oxygen atoms in total. The third kappa shape index (κ3) is 2.96. The first-order chi connectivity index (χ1) is 8.61. The minimum Gasteiger partial charge on any atom is -0.303 e. The second-order valence-corrected chi connectivity index (χ2v) is 6.36. The number of hydrogen-bond acceptors (Lipinski definition) is 5. The summed E-state index contributed by atoms with van der Waals surface area (Å²) in [6.07, 6.45) is 0. The molecule has 0 aromatic carbocycles. The van der Waals surface area contributed by atoms with Crippen LogP contribution < -0.4 is 5.32 Å². The number of aryl methyl sites for hydroxylation is 1. The minimum absolute atomic E-state index is 0.145. The summed E-state index contributed by atoms with van der Waals surface area (Å²) < 4.78 is 0. The fourth-order valence-corrected chi connectivity index (χ4v) is 3.69. The zero-order chi connectivity index (χ0) is 13.1. The largest absolute Gasteiger partial charge is 0.303 e. The lowest BCUT2D eigenvalue weighted by molar-refractivity contribution is 0.619. The van der Waals surface area contributed by atoms with Gasteiger partial charge in [0.05, 0.1) is 5.69 Å². The van der Waals surface area contributed by atoms with Crippen molar-refractivity contribution < 1.29 is 0 Å². The molecule has 18 heavy (non-hydrogen) atoms. The standard InChI is InChI=1S/C13H19N3S2/c1-5-14-11(12-15-9(4)6-17-12)13-16-10(7-18-13)8(2)3/h6-8,11,14H,5H2,1-4H3. The molecule has 1 atom stereocenters. The summed E-state index contributed by atoms with van der Waals surface area (Å²) >= 11 is 3.43. The Balaban J connectivity index is 2.29. The highest BCUT2D eigenvalue weighted by Crippen LogP contribution is 2.29. The van der Waals surface area contributed by atoms with Gasteiger partial charge in [0.25, 0.3) is 0 Å². The van der Waals surface area contributed by atoms with Crippen LogP contribution in [0.4, 0.5) is 0 Å². The highest BCUT2D eigenvalue weighted by atomic mass is 32.1. The quantitative estimate of drug-likeness (QED) is 0.907. The van der Waals surface area contributed by atoms with Gasteiger partial charge in [0.2, 0.25) is 0 Å². The molecule has 0 bridgehead atoms. The Bertz CT molecular complexity index is 502. The van der Waals surface area contributed by atoms with Crippen LogP contribution in [0.15, 0.2) is 10.8 Å². The monoisotopic (exact) mass is 281 g/mol. The van der Waals surface area contributed by atoms with Crippen LogP contribution in [0.2, 0.25) is 0 Å². The van der Waals surface area contributed by atoms with E-state index in [1.54, 1.807) is 22.7 Å². The molecule has 0 aliphatic heterocycles. The predicted octanol–water partition coefficient (Wildman–Crippen LogP) is 3.73. The van der Waals surface area contributed by atoms with Gasteiger partial charge >= 0.3 is 0 Å². The van der Waals surface area contributed by atoms with Crippen LogP contribution >= 0.6 is 22.7 Å². The lowest BCUT2D eigenvalue weighted by atomic mass is 10.2. The van der Waals surface area contributed by atoms with E-state index in [9.17, 15) is 0 Å². The maximum atomic E-state index is 4.74. The van der Waals surface area contributed by atoms with Crippen molar-refractivity contribution >= 4 is 22.7 Å². The maximum absolute atomic E-state index is 4.74. The number of hydrogen-bond donors (Lipinski definition) is 1. The predicted molar refractivity (Wildman–Crippen MR) is 78.6 cm³/mol. The molecule has 2 rings (SSSR count). The Morgan fingerprint density at radius 3 is 2.33 bits per heavy atom. The lowest BCUT2D eigenvalue weighted by Crippen LogP contribution is -2.21. The van der Waals surface area contributed by atoms with Crippen molar-refractivity contribution in [1.82, 2.24) is 15.3 Å². The smallest absolute Gasteiger partial charge is 0.117 e. The van der Waals surface area contributed by atoms with Crippen molar-refractivity contribution in [3.8, 4) is 0 Å². The van der Waals surface area contributed by atoms with E-state index in [-0.39, 0.29) is 6.04 Å². The van der Waals surface area contributed by atoms with E-state index in [0.29, 0.717) is 5.92 Å². The Morgan fingerprint density at radius 2 is 1.83 bits per heavy atom. The third-order valence-electron chi connectivity index (χ3n) is 2.67. The lowest BCUT2D eigenvalue weighted by Gasteiger charge is -2.12. The Hall–Kier alpha value is -0.780. The summed E-state index contributed by atoms with van der Waals surface area (Å²) in [5.74, 6) is 0.482. The van der Waals surface area contributed by atoms with Crippen molar-refractivity contribution in [3.63, 3.8) is 0 Å². The van der Waals surface area contributed by atoms with Gasteiger partial charge in [-0.15, -0.1) is 22.7 Å². The molecule has 2 heterocycles. The molecule has 5 heteroatoms. The topological polar surface area (TPSA) is 37.8 Å². The van der Waals surface area contributed by atoms with E-state index in [1.807, 2.05) is 6.92 Å². The Morgan fingerprint density at radius 1 is 1.17 bits per heavy atom. The minimum atomic E-state index is 0.145. The number of thiazole rings is 2. The molecule has 0 amide bonds. The van der Waals surface area contributed by atoms with Crippen molar-refractivity contribution in [2.75, 3.05) is 6.54 Å². The zero-order valence-corrected chi connectivity index (χ0v) is 12.9. The molecular weight excluding hydrogens is 262 g/mol. The van der Waals surface area contributed by atoms with E-state index in [2.05, 4.69) is 41.8 Å². The number of rotatable bonds is 5. The van der Waals surface area contributed by atoms with Crippen LogP contribution in [-0.4, -0.2) is 16.5 Å². The second-order valence-electron chi connectivity index (χ2n) is 4.58. The normalized spacial score (nSPS) is 13.2. The van der Waals surface area contributed by atoms with Crippen molar-refractivity contribution in [1.29, 1.82) is 0 Å². The molecule has 1 N–H and O–H groups in total. The highest BCUT2D eigenvalue weighted by Gasteiger charge is 2.20. The first-order valence-corrected chi connectivity index (χ1v) is 7.98. The van der Waals surface area contributed by atoms with Gasteiger partial charge in [-0.3, -0.25) is 0 Å². The molecule has 1 unspecified atom stereocenters. The molecule has 0 saturated carbocycles. The van der Waals surface area contributed by atoms with Gasteiger partial charge in [-0.05, 0) is 19.4 Å². The Labute approximate surface area is 116 Å². The van der Waals surface area contributed by atoms with Crippen LogP contribution in [0, 0.1) is 6.92 Å². The summed E-state index contributed by atoms with van der Waals surface area (Å²) in [4.78, 5) is 9.32. The van der Waals surface area contributed by atoms with Crippen molar-refractivity contribution in [2.24, 2.45) is 0 Å². The average Bonchev–Trinajstić information content (AvgIpc) is 2.94. The molecule has 2 aromatic heterocycles. The van der Waals surface area contributed by atoms with Gasteiger partial charge in [0, 0.05) is 16.5 Å².